The van der Waals surface area contributed by atoms with Gasteiger partial charge in [-0.25, -0.2) is 0 Å². The highest BCUT2D eigenvalue weighted by atomic mass is 35.5. The summed E-state index contributed by atoms with van der Waals surface area (Å²) in [7, 11) is 3.57. The molecule has 24 heavy (non-hydrogen) atoms. The van der Waals surface area contributed by atoms with Crippen LogP contribution in [-0.2, 0) is 11.3 Å². The van der Waals surface area contributed by atoms with Crippen molar-refractivity contribution in [2.75, 3.05) is 20.7 Å². The van der Waals surface area contributed by atoms with Gasteiger partial charge in [-0.2, -0.15) is 0 Å². The van der Waals surface area contributed by atoms with Gasteiger partial charge in [0.05, 0.1) is 19.7 Å². The monoisotopic (exact) mass is 346 g/mol. The molecule has 2 rings (SSSR count). The van der Waals surface area contributed by atoms with Crippen LogP contribution in [0.3, 0.4) is 0 Å². The number of amides is 1. The molecule has 0 saturated heterocycles. The third-order valence-corrected chi connectivity index (χ3v) is 3.99. The van der Waals surface area contributed by atoms with E-state index in [1.54, 1.807) is 7.11 Å². The highest BCUT2D eigenvalue weighted by Gasteiger charge is 2.12. The van der Waals surface area contributed by atoms with Crippen LogP contribution in [0.4, 0.5) is 0 Å². The normalized spacial score (nSPS) is 12.0. The van der Waals surface area contributed by atoms with Gasteiger partial charge in [-0.15, -0.1) is 0 Å². The number of nitrogens with one attached hydrogen (secondary N) is 1. The van der Waals surface area contributed by atoms with Crippen molar-refractivity contribution >= 4 is 17.5 Å². The molecule has 2 aromatic carbocycles. The molecule has 0 fully saturated rings. The molecule has 128 valence electrons. The maximum Gasteiger partial charge on any atom is 0.234 e. The zero-order valence-electron chi connectivity index (χ0n) is 14.3. The van der Waals surface area contributed by atoms with Crippen molar-refractivity contribution in [2.24, 2.45) is 0 Å². The van der Waals surface area contributed by atoms with E-state index in [0.29, 0.717) is 18.1 Å². The summed E-state index contributed by atoms with van der Waals surface area (Å²) >= 11 is 5.99. The van der Waals surface area contributed by atoms with Gasteiger partial charge < -0.3 is 10.1 Å². The standard InChI is InChI=1S/C19H23ClN2O2/c1-14(16-5-4-6-17(20)11-16)21-19(23)13-22(2)12-15-7-9-18(24-3)10-8-15/h4-11,14H,12-13H2,1-3H3,(H,21,23)/t14-/m0/s1. The van der Waals surface area contributed by atoms with Crippen LogP contribution in [0, 0.1) is 0 Å². The van der Waals surface area contributed by atoms with E-state index < -0.39 is 0 Å². The number of halogens is 1. The van der Waals surface area contributed by atoms with Crippen molar-refractivity contribution in [3.05, 3.63) is 64.7 Å². The number of likely N-dealkylation sites (N-methyl/N-ethyl adjacent to an activating group) is 1. The molecule has 0 aliphatic carbocycles. The minimum atomic E-state index is -0.0782. The largest absolute Gasteiger partial charge is 0.497 e. The van der Waals surface area contributed by atoms with Crippen LogP contribution in [0.2, 0.25) is 5.02 Å². The van der Waals surface area contributed by atoms with Crippen molar-refractivity contribution in [3.63, 3.8) is 0 Å². The first-order valence-electron chi connectivity index (χ1n) is 7.84. The number of hydrogen-bond donors (Lipinski definition) is 1. The fourth-order valence-corrected chi connectivity index (χ4v) is 2.69. The first-order chi connectivity index (χ1) is 11.5. The Morgan fingerprint density at radius 3 is 2.58 bits per heavy atom. The Hall–Kier alpha value is -2.04. The molecule has 0 aromatic heterocycles. The average molecular weight is 347 g/mol. The second kappa shape index (κ2) is 8.71. The zero-order valence-corrected chi connectivity index (χ0v) is 15.0. The van der Waals surface area contributed by atoms with Gasteiger partial charge in [-0.3, -0.25) is 9.69 Å². The van der Waals surface area contributed by atoms with Gasteiger partial charge in [0, 0.05) is 11.6 Å². The summed E-state index contributed by atoms with van der Waals surface area (Å²) in [6, 6.07) is 15.3. The predicted molar refractivity (Wildman–Crippen MR) is 97.3 cm³/mol. The summed E-state index contributed by atoms with van der Waals surface area (Å²) in [5, 5.41) is 3.67. The predicted octanol–water partition coefficient (Wildman–Crippen LogP) is 3.66. The Morgan fingerprint density at radius 1 is 1.25 bits per heavy atom. The van der Waals surface area contributed by atoms with Gasteiger partial charge in [0.25, 0.3) is 0 Å². The summed E-state index contributed by atoms with van der Waals surface area (Å²) in [4.78, 5) is 14.2. The molecule has 0 aliphatic heterocycles. The molecule has 0 aliphatic rings. The van der Waals surface area contributed by atoms with Crippen molar-refractivity contribution in [2.45, 2.75) is 19.5 Å². The maximum absolute atomic E-state index is 12.2. The van der Waals surface area contributed by atoms with Crippen molar-refractivity contribution < 1.29 is 9.53 Å². The second-order valence-electron chi connectivity index (χ2n) is 5.86. The Morgan fingerprint density at radius 2 is 1.96 bits per heavy atom. The Balaban J connectivity index is 1.84. The first-order valence-corrected chi connectivity index (χ1v) is 8.22. The molecule has 0 saturated carbocycles. The number of carbonyl (C=O) groups is 1. The van der Waals surface area contributed by atoms with Gasteiger partial charge >= 0.3 is 0 Å². The fourth-order valence-electron chi connectivity index (χ4n) is 2.49. The smallest absolute Gasteiger partial charge is 0.234 e. The van der Waals surface area contributed by atoms with Crippen molar-refractivity contribution in [3.8, 4) is 5.75 Å². The van der Waals surface area contributed by atoms with Crippen LogP contribution < -0.4 is 10.1 Å². The van der Waals surface area contributed by atoms with E-state index in [-0.39, 0.29) is 11.9 Å². The summed E-state index contributed by atoms with van der Waals surface area (Å²) < 4.78 is 5.15. The number of methoxy groups -OCH3 is 1. The zero-order chi connectivity index (χ0) is 17.5. The molecule has 5 heteroatoms. The Bertz CT molecular complexity index is 673. The van der Waals surface area contributed by atoms with Crippen LogP contribution in [0.1, 0.15) is 24.1 Å². The van der Waals surface area contributed by atoms with Crippen molar-refractivity contribution in [1.82, 2.24) is 10.2 Å². The molecular weight excluding hydrogens is 324 g/mol. The molecule has 1 atom stereocenters. The van der Waals surface area contributed by atoms with E-state index >= 15 is 0 Å². The van der Waals surface area contributed by atoms with Gasteiger partial charge in [-0.1, -0.05) is 35.9 Å². The van der Waals surface area contributed by atoms with Crippen LogP contribution in [0.25, 0.3) is 0 Å². The van der Waals surface area contributed by atoms with Gasteiger partial charge in [0.1, 0.15) is 5.75 Å². The topological polar surface area (TPSA) is 41.6 Å². The molecule has 0 unspecified atom stereocenters. The second-order valence-corrected chi connectivity index (χ2v) is 6.30. The molecule has 0 bridgehead atoms. The Labute approximate surface area is 148 Å². The highest BCUT2D eigenvalue weighted by Crippen LogP contribution is 2.17. The number of benzene rings is 2. The van der Waals surface area contributed by atoms with Crippen LogP contribution in [0.5, 0.6) is 5.75 Å². The molecule has 0 heterocycles. The van der Waals surface area contributed by atoms with E-state index in [1.165, 1.54) is 0 Å². The summed E-state index contributed by atoms with van der Waals surface area (Å²) in [5.74, 6) is 0.813. The average Bonchev–Trinajstić information content (AvgIpc) is 2.55. The summed E-state index contributed by atoms with van der Waals surface area (Å²) in [6.07, 6.45) is 0. The van der Waals surface area contributed by atoms with E-state index in [0.717, 1.165) is 16.9 Å². The Kier molecular flexibility index (Phi) is 6.64. The van der Waals surface area contributed by atoms with Gasteiger partial charge in [0.2, 0.25) is 5.91 Å². The summed E-state index contributed by atoms with van der Waals surface area (Å²) in [5.41, 5.74) is 2.13. The lowest BCUT2D eigenvalue weighted by Gasteiger charge is -2.19. The van der Waals surface area contributed by atoms with Gasteiger partial charge in [-0.05, 0) is 49.4 Å². The van der Waals surface area contributed by atoms with Crippen LogP contribution >= 0.6 is 11.6 Å². The molecule has 0 radical (unpaired) electrons. The third kappa shape index (κ3) is 5.55. The van der Waals surface area contributed by atoms with E-state index in [4.69, 9.17) is 16.3 Å². The lowest BCUT2D eigenvalue weighted by Crippen LogP contribution is -2.36. The molecule has 2 aromatic rings. The quantitative estimate of drug-likeness (QED) is 0.832. The minimum absolute atomic E-state index is 0.0153. The molecule has 1 amide bonds. The lowest BCUT2D eigenvalue weighted by atomic mass is 10.1. The first kappa shape index (κ1) is 18.3. The SMILES string of the molecule is COc1ccc(CN(C)CC(=O)N[C@@H](C)c2cccc(Cl)c2)cc1. The highest BCUT2D eigenvalue weighted by molar-refractivity contribution is 6.30. The summed E-state index contributed by atoms with van der Waals surface area (Å²) in [6.45, 7) is 2.98. The third-order valence-electron chi connectivity index (χ3n) is 3.75. The molecular formula is C19H23ClN2O2. The number of rotatable bonds is 7. The number of carbonyl (C=O) groups excluding carboxylic acids is 1. The van der Waals surface area contributed by atoms with E-state index in [1.807, 2.05) is 67.4 Å². The van der Waals surface area contributed by atoms with E-state index in [2.05, 4.69) is 5.32 Å². The van der Waals surface area contributed by atoms with E-state index in [9.17, 15) is 4.79 Å². The van der Waals surface area contributed by atoms with Gasteiger partial charge in [0.15, 0.2) is 0 Å². The van der Waals surface area contributed by atoms with Crippen molar-refractivity contribution in [1.29, 1.82) is 0 Å². The number of ether oxygens (including phenoxy) is 1. The molecule has 0 spiro atoms. The minimum Gasteiger partial charge on any atom is -0.497 e. The number of hydrogen-bond acceptors (Lipinski definition) is 3. The fraction of sp³-hybridized carbons (Fsp3) is 0.316. The number of nitrogens with zero attached hydrogens (tertiary/aromatic N) is 1. The van der Waals surface area contributed by atoms with Crippen LogP contribution in [0.15, 0.2) is 48.5 Å². The molecule has 4 nitrogen and oxygen atoms in total. The molecule has 1 N–H and O–H groups in total. The van der Waals surface area contributed by atoms with Crippen LogP contribution in [-0.4, -0.2) is 31.5 Å². The lowest BCUT2D eigenvalue weighted by molar-refractivity contribution is -0.122. The maximum atomic E-state index is 12.2.